The van der Waals surface area contributed by atoms with E-state index in [0.29, 0.717) is 34.5 Å². The molecule has 10 unspecified atom stereocenters. The Morgan fingerprint density at radius 2 is 1.67 bits per heavy atom. The van der Waals surface area contributed by atoms with Gasteiger partial charge >= 0.3 is 0 Å². The van der Waals surface area contributed by atoms with E-state index in [2.05, 4.69) is 54.5 Å². The molecular weight excluding hydrogens is 404 g/mol. The van der Waals surface area contributed by atoms with Crippen molar-refractivity contribution in [1.29, 1.82) is 0 Å². The molecule has 33 heavy (non-hydrogen) atoms. The highest BCUT2D eigenvalue weighted by Gasteiger charge is 2.68. The highest BCUT2D eigenvalue weighted by Crippen LogP contribution is 2.76. The zero-order valence-electron chi connectivity index (χ0n) is 22.5. The van der Waals surface area contributed by atoms with Crippen LogP contribution in [0.15, 0.2) is 11.6 Å². The molecule has 5 rings (SSSR count). The Kier molecular flexibility index (Phi) is 5.43. The second-order valence-electron chi connectivity index (χ2n) is 14.8. The van der Waals surface area contributed by atoms with E-state index in [-0.39, 0.29) is 22.3 Å². The van der Waals surface area contributed by atoms with Gasteiger partial charge in [0.1, 0.15) is 6.29 Å². The van der Waals surface area contributed by atoms with Crippen LogP contribution in [-0.2, 0) is 4.79 Å². The minimum atomic E-state index is -0.159. The summed E-state index contributed by atoms with van der Waals surface area (Å²) in [6.45, 7) is 17.5. The quantitative estimate of drug-likeness (QED) is 0.344. The Morgan fingerprint density at radius 1 is 0.939 bits per heavy atom. The van der Waals surface area contributed by atoms with E-state index in [1.54, 1.807) is 5.57 Å². The number of carbonyl (C=O) groups excluding carboxylic acids is 1. The molecule has 0 heterocycles. The van der Waals surface area contributed by atoms with Crippen LogP contribution in [0.5, 0.6) is 0 Å². The molecule has 0 aromatic heterocycles. The first-order chi connectivity index (χ1) is 15.4. The Morgan fingerprint density at radius 3 is 2.36 bits per heavy atom. The van der Waals surface area contributed by atoms with Crippen LogP contribution < -0.4 is 0 Å². The van der Waals surface area contributed by atoms with Gasteiger partial charge in [0.2, 0.25) is 0 Å². The molecule has 0 saturated heterocycles. The van der Waals surface area contributed by atoms with E-state index in [1.165, 1.54) is 57.7 Å². The first-order valence-corrected chi connectivity index (χ1v) is 14.2. The van der Waals surface area contributed by atoms with Gasteiger partial charge in [-0.2, -0.15) is 0 Å². The maximum absolute atomic E-state index is 11.9. The van der Waals surface area contributed by atoms with E-state index >= 15 is 0 Å². The Hall–Kier alpha value is -0.630. The number of allylic oxidation sites excluding steroid dienone is 2. The minimum Gasteiger partial charge on any atom is -0.393 e. The van der Waals surface area contributed by atoms with Gasteiger partial charge in [-0.1, -0.05) is 60.1 Å². The molecule has 1 N–H and O–H groups in total. The van der Waals surface area contributed by atoms with Gasteiger partial charge in [0.15, 0.2) is 0 Å². The third kappa shape index (κ3) is 2.91. The molecule has 0 bridgehead atoms. The second-order valence-corrected chi connectivity index (χ2v) is 14.8. The molecule has 4 saturated carbocycles. The largest absolute Gasteiger partial charge is 0.393 e. The summed E-state index contributed by atoms with van der Waals surface area (Å²) in [5.41, 5.74) is 2.84. The van der Waals surface area contributed by atoms with Crippen LogP contribution in [0.3, 0.4) is 0 Å². The highest BCUT2D eigenvalue weighted by molar-refractivity contribution is 5.52. The molecule has 186 valence electrons. The third-order valence-electron chi connectivity index (χ3n) is 13.6. The van der Waals surface area contributed by atoms with Crippen molar-refractivity contribution in [3.63, 3.8) is 0 Å². The summed E-state index contributed by atoms with van der Waals surface area (Å²) >= 11 is 0. The molecule has 5 aliphatic rings. The summed E-state index contributed by atoms with van der Waals surface area (Å²) in [4.78, 5) is 11.9. The van der Waals surface area contributed by atoms with E-state index in [4.69, 9.17) is 0 Å². The molecule has 0 aromatic carbocycles. The summed E-state index contributed by atoms with van der Waals surface area (Å²) in [5, 5.41) is 10.9. The number of carbonyl (C=O) groups is 1. The van der Waals surface area contributed by atoms with Crippen molar-refractivity contribution >= 4 is 6.29 Å². The van der Waals surface area contributed by atoms with Crippen molar-refractivity contribution in [2.75, 3.05) is 0 Å². The van der Waals surface area contributed by atoms with Crippen LogP contribution in [0.4, 0.5) is 0 Å². The van der Waals surface area contributed by atoms with Crippen LogP contribution in [0.1, 0.15) is 113 Å². The first-order valence-electron chi connectivity index (χ1n) is 14.2. The van der Waals surface area contributed by atoms with Gasteiger partial charge in [-0.15, -0.1) is 0 Å². The summed E-state index contributed by atoms with van der Waals surface area (Å²) in [6, 6.07) is 0. The van der Waals surface area contributed by atoms with Gasteiger partial charge in [0, 0.05) is 6.42 Å². The maximum Gasteiger partial charge on any atom is 0.120 e. The number of fused-ring (bicyclic) bond motifs is 7. The molecule has 0 aliphatic heterocycles. The van der Waals surface area contributed by atoms with Crippen LogP contribution in [0.2, 0.25) is 0 Å². The standard InChI is InChI=1S/C31H50O2/c1-20-10-15-31(18-19-32)17-16-29(6)22(26(31)21(20)2)8-9-24-28(5)13-12-25(33)27(3,4)23(28)11-14-30(24,29)7/h8,19-21,23-26,33H,9-18H2,1-7H3. The van der Waals surface area contributed by atoms with Gasteiger partial charge < -0.3 is 9.90 Å². The van der Waals surface area contributed by atoms with E-state index in [1.807, 2.05) is 0 Å². The van der Waals surface area contributed by atoms with Crippen molar-refractivity contribution < 1.29 is 9.90 Å². The monoisotopic (exact) mass is 454 g/mol. The van der Waals surface area contributed by atoms with E-state index in [9.17, 15) is 9.90 Å². The number of hydrogen-bond acceptors (Lipinski definition) is 2. The van der Waals surface area contributed by atoms with Crippen LogP contribution in [0, 0.1) is 56.7 Å². The van der Waals surface area contributed by atoms with Crippen molar-refractivity contribution in [3.05, 3.63) is 11.6 Å². The summed E-state index contributed by atoms with van der Waals surface area (Å²) in [7, 11) is 0. The molecule has 10 atom stereocenters. The third-order valence-corrected chi connectivity index (χ3v) is 13.6. The van der Waals surface area contributed by atoms with Crippen molar-refractivity contribution in [2.24, 2.45) is 56.7 Å². The Bertz CT molecular complexity index is 842. The number of hydrogen-bond donors (Lipinski definition) is 1. The van der Waals surface area contributed by atoms with Gasteiger partial charge in [0.25, 0.3) is 0 Å². The number of aliphatic hydroxyl groups is 1. The molecule has 2 nitrogen and oxygen atoms in total. The molecular formula is C31H50O2. The molecule has 5 aliphatic carbocycles. The minimum absolute atomic E-state index is 0.0121. The lowest BCUT2D eigenvalue weighted by molar-refractivity contribution is -0.204. The number of aliphatic hydroxyl groups excluding tert-OH is 1. The van der Waals surface area contributed by atoms with Crippen molar-refractivity contribution in [3.8, 4) is 0 Å². The zero-order valence-corrected chi connectivity index (χ0v) is 22.5. The van der Waals surface area contributed by atoms with Crippen LogP contribution in [-0.4, -0.2) is 17.5 Å². The molecule has 4 fully saturated rings. The first kappa shape index (κ1) is 24.1. The van der Waals surface area contributed by atoms with E-state index < -0.39 is 0 Å². The predicted octanol–water partition coefficient (Wildman–Crippen LogP) is 7.59. The number of aldehydes is 1. The maximum atomic E-state index is 11.9. The summed E-state index contributed by atoms with van der Waals surface area (Å²) < 4.78 is 0. The van der Waals surface area contributed by atoms with Gasteiger partial charge in [-0.3, -0.25) is 0 Å². The normalized spacial score (nSPS) is 55.3. The predicted molar refractivity (Wildman–Crippen MR) is 136 cm³/mol. The fourth-order valence-electron chi connectivity index (χ4n) is 11.1. The average molecular weight is 455 g/mol. The van der Waals surface area contributed by atoms with E-state index in [0.717, 1.165) is 18.8 Å². The fraction of sp³-hybridized carbons (Fsp3) is 0.903. The van der Waals surface area contributed by atoms with Crippen LogP contribution >= 0.6 is 0 Å². The SMILES string of the molecule is CC1CCC2(CC=O)CCC3(C)C(=CCC4C5(C)CCC(O)C(C)(C)C5CCC43C)C2C1C. The molecule has 2 heteroatoms. The van der Waals surface area contributed by atoms with Crippen LogP contribution in [0.25, 0.3) is 0 Å². The zero-order chi connectivity index (χ0) is 24.0. The van der Waals surface area contributed by atoms with Crippen molar-refractivity contribution in [1.82, 2.24) is 0 Å². The lowest BCUT2D eigenvalue weighted by atomic mass is 9.33. The summed E-state index contributed by atoms with van der Waals surface area (Å²) in [5.74, 6) is 3.30. The lowest BCUT2D eigenvalue weighted by Gasteiger charge is -2.71. The fourth-order valence-corrected chi connectivity index (χ4v) is 11.1. The topological polar surface area (TPSA) is 37.3 Å². The number of rotatable bonds is 2. The lowest BCUT2D eigenvalue weighted by Crippen LogP contribution is -2.64. The Labute approximate surface area is 203 Å². The molecule has 0 aromatic rings. The molecule has 0 radical (unpaired) electrons. The second kappa shape index (κ2) is 7.44. The van der Waals surface area contributed by atoms with Gasteiger partial charge in [-0.25, -0.2) is 0 Å². The van der Waals surface area contributed by atoms with Crippen molar-refractivity contribution in [2.45, 2.75) is 119 Å². The van der Waals surface area contributed by atoms with Gasteiger partial charge in [0.05, 0.1) is 6.10 Å². The molecule has 0 amide bonds. The van der Waals surface area contributed by atoms with Gasteiger partial charge in [-0.05, 0) is 114 Å². The molecule has 0 spiro atoms. The average Bonchev–Trinajstić information content (AvgIpc) is 2.75. The highest BCUT2D eigenvalue weighted by atomic mass is 16.3. The Balaban J connectivity index is 1.60. The smallest absolute Gasteiger partial charge is 0.120 e. The summed E-state index contributed by atoms with van der Waals surface area (Å²) in [6.07, 6.45) is 15.5.